The molecule has 1 saturated heterocycles. The van der Waals surface area contributed by atoms with Crippen LogP contribution in [0, 0.1) is 24.2 Å². The summed E-state index contributed by atoms with van der Waals surface area (Å²) < 4.78 is 32.2. The summed E-state index contributed by atoms with van der Waals surface area (Å²) >= 11 is 8.86. The first-order valence-corrected chi connectivity index (χ1v) is 11.9. The largest absolute Gasteiger partial charge is 0.462 e. The van der Waals surface area contributed by atoms with Gasteiger partial charge in [-0.05, 0) is 41.9 Å². The number of carbonyl (C=O) groups is 2. The number of esters is 1. The van der Waals surface area contributed by atoms with Crippen molar-refractivity contribution in [2.75, 3.05) is 24.6 Å². The minimum Gasteiger partial charge on any atom is -0.462 e. The summed E-state index contributed by atoms with van der Waals surface area (Å²) in [4.78, 5) is 34.0. The topological polar surface area (TPSA) is 142 Å². The third-order valence-corrected chi connectivity index (χ3v) is 7.12. The summed E-state index contributed by atoms with van der Waals surface area (Å²) in [5.41, 5.74) is 0.728. The van der Waals surface area contributed by atoms with Crippen LogP contribution in [0.2, 0.25) is 5.15 Å². The number of halogens is 2. The maximum Gasteiger partial charge on any atom is 0.340 e. The highest BCUT2D eigenvalue weighted by molar-refractivity contribution is 9.10. The first-order valence-electron chi connectivity index (χ1n) is 9.28. The molecule has 0 aromatic carbocycles. The molecule has 13 heteroatoms. The molecule has 1 amide bonds. The van der Waals surface area contributed by atoms with Crippen molar-refractivity contribution in [3.63, 3.8) is 0 Å². The van der Waals surface area contributed by atoms with Gasteiger partial charge in [-0.1, -0.05) is 11.6 Å². The van der Waals surface area contributed by atoms with E-state index in [4.69, 9.17) is 16.3 Å². The number of amides is 1. The number of aryl methyl sites for hydroxylation is 1. The molecule has 1 aliphatic heterocycles. The molecule has 0 unspecified atom stereocenters. The zero-order valence-corrected chi connectivity index (χ0v) is 20.1. The van der Waals surface area contributed by atoms with E-state index in [9.17, 15) is 23.3 Å². The number of nitrogens with one attached hydrogen (secondary N) is 1. The predicted octanol–water partition coefficient (Wildman–Crippen LogP) is 2.19. The number of nitrogens with zero attached hydrogens (tertiary/aromatic N) is 4. The fourth-order valence-corrected chi connectivity index (χ4v) is 4.59. The molecule has 3 rings (SSSR count). The van der Waals surface area contributed by atoms with Crippen LogP contribution in [0.25, 0.3) is 0 Å². The Morgan fingerprint density at radius 2 is 2.09 bits per heavy atom. The molecule has 168 valence electrons. The van der Waals surface area contributed by atoms with E-state index in [1.54, 1.807) is 18.7 Å². The van der Waals surface area contributed by atoms with Crippen LogP contribution in [-0.2, 0) is 19.6 Å². The lowest BCUT2D eigenvalue weighted by atomic mass is 9.98. The lowest BCUT2D eigenvalue weighted by Crippen LogP contribution is -2.55. The molecule has 32 heavy (non-hydrogen) atoms. The van der Waals surface area contributed by atoms with Gasteiger partial charge in [-0.3, -0.25) is 4.79 Å². The Balaban J connectivity index is 1.71. The van der Waals surface area contributed by atoms with Gasteiger partial charge in [0, 0.05) is 19.3 Å². The second kappa shape index (κ2) is 9.40. The lowest BCUT2D eigenvalue weighted by Gasteiger charge is -2.39. The molecule has 0 spiro atoms. The summed E-state index contributed by atoms with van der Waals surface area (Å²) in [6.07, 6.45) is 1.05. The van der Waals surface area contributed by atoms with Crippen LogP contribution in [0.4, 0.5) is 5.82 Å². The van der Waals surface area contributed by atoms with Gasteiger partial charge in [-0.2, -0.15) is 5.26 Å². The number of hydrogen-bond donors (Lipinski definition) is 1. The number of sulfonamides is 1. The Hall–Kier alpha value is -2.75. The maximum atomic E-state index is 12.5. The van der Waals surface area contributed by atoms with Gasteiger partial charge in [0.2, 0.25) is 5.91 Å². The SMILES string of the molecule is CCOC(=O)c1cc(C#N)c(N2CC(C(=O)NS(=O)(=O)c3cnc(Cl)c(Br)c3)C2)nc1C. The molecule has 0 atom stereocenters. The third-order valence-electron chi connectivity index (χ3n) is 4.68. The summed E-state index contributed by atoms with van der Waals surface area (Å²) in [5.74, 6) is -1.58. The second-order valence-corrected chi connectivity index (χ2v) is 9.73. The molecule has 3 heterocycles. The van der Waals surface area contributed by atoms with Crippen molar-refractivity contribution in [1.82, 2.24) is 14.7 Å². The van der Waals surface area contributed by atoms with Gasteiger partial charge in [0.05, 0.1) is 33.8 Å². The van der Waals surface area contributed by atoms with Gasteiger partial charge in [0.25, 0.3) is 10.0 Å². The average Bonchev–Trinajstić information content (AvgIpc) is 2.68. The summed E-state index contributed by atoms with van der Waals surface area (Å²) in [6.45, 7) is 3.80. The zero-order valence-electron chi connectivity index (χ0n) is 16.9. The molecule has 0 radical (unpaired) electrons. The van der Waals surface area contributed by atoms with Gasteiger partial charge in [0.15, 0.2) is 0 Å². The van der Waals surface area contributed by atoms with Crippen LogP contribution in [0.15, 0.2) is 27.7 Å². The minimum atomic E-state index is -4.13. The number of hydrogen-bond acceptors (Lipinski definition) is 9. The van der Waals surface area contributed by atoms with E-state index < -0.39 is 27.8 Å². The van der Waals surface area contributed by atoms with E-state index in [0.29, 0.717) is 11.5 Å². The number of ether oxygens (including phenoxy) is 1. The van der Waals surface area contributed by atoms with E-state index in [-0.39, 0.29) is 45.3 Å². The van der Waals surface area contributed by atoms with Crippen molar-refractivity contribution < 1.29 is 22.7 Å². The fourth-order valence-electron chi connectivity index (χ4n) is 2.97. The Morgan fingerprint density at radius 3 is 2.69 bits per heavy atom. The molecule has 1 N–H and O–H groups in total. The average molecular weight is 543 g/mol. The van der Waals surface area contributed by atoms with Crippen LogP contribution in [-0.4, -0.2) is 50.0 Å². The van der Waals surface area contributed by atoms with Crippen molar-refractivity contribution in [3.05, 3.63) is 44.8 Å². The number of aromatic nitrogens is 2. The Labute approximate surface area is 197 Å². The monoisotopic (exact) mass is 541 g/mol. The van der Waals surface area contributed by atoms with Gasteiger partial charge < -0.3 is 9.64 Å². The minimum absolute atomic E-state index is 0.0926. The number of nitriles is 1. The number of carbonyl (C=O) groups excluding carboxylic acids is 2. The third kappa shape index (κ3) is 4.85. The predicted molar refractivity (Wildman–Crippen MR) is 118 cm³/mol. The molecule has 2 aromatic rings. The van der Waals surface area contributed by atoms with Gasteiger partial charge >= 0.3 is 5.97 Å². The summed E-state index contributed by atoms with van der Waals surface area (Å²) in [7, 11) is -4.13. The van der Waals surface area contributed by atoms with E-state index in [1.165, 1.54) is 12.1 Å². The van der Waals surface area contributed by atoms with E-state index in [2.05, 4.69) is 25.9 Å². The van der Waals surface area contributed by atoms with Crippen LogP contribution in [0.3, 0.4) is 0 Å². The van der Waals surface area contributed by atoms with Crippen LogP contribution in [0.1, 0.15) is 28.5 Å². The highest BCUT2D eigenvalue weighted by Gasteiger charge is 2.37. The van der Waals surface area contributed by atoms with Crippen molar-refractivity contribution in [2.45, 2.75) is 18.7 Å². The van der Waals surface area contributed by atoms with Gasteiger partial charge in [-0.15, -0.1) is 0 Å². The van der Waals surface area contributed by atoms with Crippen molar-refractivity contribution >= 4 is 55.2 Å². The summed E-state index contributed by atoms with van der Waals surface area (Å²) in [6, 6.07) is 4.64. The fraction of sp³-hybridized carbons (Fsp3) is 0.316. The Bertz CT molecular complexity index is 1240. The maximum absolute atomic E-state index is 12.5. The van der Waals surface area contributed by atoms with Crippen molar-refractivity contribution in [1.29, 1.82) is 5.26 Å². The van der Waals surface area contributed by atoms with E-state index >= 15 is 0 Å². The number of pyridine rings is 2. The molecular formula is C19H17BrClN5O5S. The highest BCUT2D eigenvalue weighted by Crippen LogP contribution is 2.29. The van der Waals surface area contributed by atoms with E-state index in [1.807, 2.05) is 10.8 Å². The van der Waals surface area contributed by atoms with Crippen molar-refractivity contribution in [3.8, 4) is 6.07 Å². The molecule has 1 fully saturated rings. The van der Waals surface area contributed by atoms with Crippen LogP contribution >= 0.6 is 27.5 Å². The van der Waals surface area contributed by atoms with Gasteiger partial charge in [0.1, 0.15) is 21.9 Å². The first-order chi connectivity index (χ1) is 15.1. The first kappa shape index (κ1) is 23.9. The van der Waals surface area contributed by atoms with Crippen molar-refractivity contribution in [2.24, 2.45) is 5.92 Å². The lowest BCUT2D eigenvalue weighted by molar-refractivity contribution is -0.123. The molecule has 1 aliphatic rings. The summed E-state index contributed by atoms with van der Waals surface area (Å²) in [5, 5.41) is 9.56. The molecule has 0 saturated carbocycles. The zero-order chi connectivity index (χ0) is 23.6. The second-order valence-electron chi connectivity index (χ2n) is 6.84. The van der Waals surface area contributed by atoms with E-state index in [0.717, 1.165) is 6.20 Å². The van der Waals surface area contributed by atoms with Crippen LogP contribution < -0.4 is 9.62 Å². The normalized spacial score (nSPS) is 13.8. The van der Waals surface area contributed by atoms with Crippen LogP contribution in [0.5, 0.6) is 0 Å². The Kier molecular flexibility index (Phi) is 7.02. The molecule has 2 aromatic heterocycles. The quantitative estimate of drug-likeness (QED) is 0.429. The number of rotatable bonds is 6. The standard InChI is InChI=1S/C19H17BrClN5O5S/c1-3-31-19(28)14-4-11(6-22)17(24-10(14)2)26-8-12(9-26)18(27)25-32(29,30)13-5-15(20)16(21)23-7-13/h4-5,7,12H,3,8-9H2,1-2H3,(H,25,27). The van der Waals surface area contributed by atoms with Gasteiger partial charge in [-0.25, -0.2) is 27.9 Å². The smallest absolute Gasteiger partial charge is 0.340 e. The Morgan fingerprint density at radius 1 is 1.41 bits per heavy atom. The number of anilines is 1. The molecule has 0 aliphatic carbocycles. The molecule has 0 bridgehead atoms. The molecule has 10 nitrogen and oxygen atoms in total. The highest BCUT2D eigenvalue weighted by atomic mass is 79.9. The molecular weight excluding hydrogens is 526 g/mol.